The third kappa shape index (κ3) is 1.66. The molecule has 1 heterocycles. The van der Waals surface area contributed by atoms with Gasteiger partial charge in [0, 0.05) is 12.3 Å². The van der Waals surface area contributed by atoms with Crippen LogP contribution in [-0.4, -0.2) is 18.4 Å². The van der Waals surface area contributed by atoms with E-state index in [2.05, 4.69) is 13.8 Å². The third-order valence-electron chi connectivity index (χ3n) is 7.21. The second-order valence-electron chi connectivity index (χ2n) is 8.02. The molecule has 1 aliphatic heterocycles. The first-order valence-corrected chi connectivity index (χ1v) is 8.36. The van der Waals surface area contributed by atoms with Gasteiger partial charge in [0.15, 0.2) is 5.78 Å². The highest BCUT2D eigenvalue weighted by atomic mass is 16.5. The van der Waals surface area contributed by atoms with Gasteiger partial charge in [-0.2, -0.15) is 0 Å². The van der Waals surface area contributed by atoms with E-state index >= 15 is 0 Å². The maximum Gasteiger partial charge on any atom is 0.312 e. The zero-order chi connectivity index (χ0) is 14.8. The number of hydrogen-bond donors (Lipinski definition) is 0. The molecule has 0 aromatic rings. The van der Waals surface area contributed by atoms with Crippen molar-refractivity contribution in [3.05, 3.63) is 11.6 Å². The first-order chi connectivity index (χ1) is 9.95. The highest BCUT2D eigenvalue weighted by Gasteiger charge is 2.60. The van der Waals surface area contributed by atoms with Crippen molar-refractivity contribution < 1.29 is 14.3 Å². The van der Waals surface area contributed by atoms with Crippen molar-refractivity contribution in [3.8, 4) is 0 Å². The van der Waals surface area contributed by atoms with E-state index < -0.39 is 0 Å². The van der Waals surface area contributed by atoms with Crippen LogP contribution in [0.25, 0.3) is 0 Å². The van der Waals surface area contributed by atoms with Gasteiger partial charge >= 0.3 is 5.97 Å². The van der Waals surface area contributed by atoms with Crippen LogP contribution in [0.1, 0.15) is 52.4 Å². The number of carbonyl (C=O) groups excluding carboxylic acids is 2. The fourth-order valence-electron chi connectivity index (χ4n) is 5.77. The standard InChI is InChI=1S/C18H24O3/c1-17-7-5-12(19)9-11(17)3-4-13-14(17)6-8-18(2)15(13)10-21-16(18)20/h9,13-15H,3-8,10H2,1-2H3/t13-,14+,15+,17+,18+/m1/s1. The van der Waals surface area contributed by atoms with E-state index in [9.17, 15) is 9.59 Å². The molecule has 1 saturated heterocycles. The molecule has 3 aliphatic carbocycles. The molecule has 0 aromatic heterocycles. The smallest absolute Gasteiger partial charge is 0.312 e. The van der Waals surface area contributed by atoms with Gasteiger partial charge in [-0.05, 0) is 62.4 Å². The van der Waals surface area contributed by atoms with Crippen molar-refractivity contribution in [1.29, 1.82) is 0 Å². The minimum Gasteiger partial charge on any atom is -0.465 e. The second-order valence-corrected chi connectivity index (χ2v) is 8.02. The molecule has 3 nitrogen and oxygen atoms in total. The van der Waals surface area contributed by atoms with E-state index in [0.29, 0.717) is 36.6 Å². The van der Waals surface area contributed by atoms with Crippen LogP contribution in [0.4, 0.5) is 0 Å². The Hall–Kier alpha value is -1.12. The largest absolute Gasteiger partial charge is 0.465 e. The van der Waals surface area contributed by atoms with Crippen LogP contribution in [0.2, 0.25) is 0 Å². The number of allylic oxidation sites excluding steroid dienone is 2. The Kier molecular flexibility index (Phi) is 2.71. The summed E-state index contributed by atoms with van der Waals surface area (Å²) in [5.41, 5.74) is 1.32. The molecule has 0 aromatic carbocycles. The number of ether oxygens (including phenoxy) is 1. The summed E-state index contributed by atoms with van der Waals surface area (Å²) >= 11 is 0. The van der Waals surface area contributed by atoms with Gasteiger partial charge in [0.1, 0.15) is 0 Å². The van der Waals surface area contributed by atoms with Crippen LogP contribution in [0.15, 0.2) is 11.6 Å². The Morgan fingerprint density at radius 3 is 2.67 bits per heavy atom. The van der Waals surface area contributed by atoms with E-state index in [4.69, 9.17) is 4.74 Å². The number of rotatable bonds is 0. The van der Waals surface area contributed by atoms with Gasteiger partial charge in [0.05, 0.1) is 12.0 Å². The van der Waals surface area contributed by atoms with Crippen LogP contribution in [0.3, 0.4) is 0 Å². The summed E-state index contributed by atoms with van der Waals surface area (Å²) in [4.78, 5) is 23.9. The predicted octanol–water partition coefficient (Wildman–Crippen LogP) is 3.28. The number of hydrogen-bond acceptors (Lipinski definition) is 3. The molecule has 4 aliphatic rings. The molecule has 0 unspecified atom stereocenters. The van der Waals surface area contributed by atoms with Crippen molar-refractivity contribution in [2.24, 2.45) is 28.6 Å². The van der Waals surface area contributed by atoms with E-state index in [0.717, 1.165) is 32.1 Å². The summed E-state index contributed by atoms with van der Waals surface area (Å²) in [6, 6.07) is 0. The summed E-state index contributed by atoms with van der Waals surface area (Å²) in [7, 11) is 0. The van der Waals surface area contributed by atoms with E-state index in [1.807, 2.05) is 6.08 Å². The molecular weight excluding hydrogens is 264 g/mol. The fourth-order valence-corrected chi connectivity index (χ4v) is 5.77. The lowest BCUT2D eigenvalue weighted by Crippen LogP contribution is -2.51. The molecule has 0 bridgehead atoms. The summed E-state index contributed by atoms with van der Waals surface area (Å²) in [6.45, 7) is 5.09. The Labute approximate surface area is 126 Å². The molecule has 0 amide bonds. The summed E-state index contributed by atoms with van der Waals surface area (Å²) in [5, 5.41) is 0. The Morgan fingerprint density at radius 2 is 1.86 bits per heavy atom. The normalized spacial score (nSPS) is 48.9. The average molecular weight is 288 g/mol. The number of fused-ring (bicyclic) bond motifs is 5. The topological polar surface area (TPSA) is 43.4 Å². The molecular formula is C18H24O3. The minimum atomic E-state index is -0.247. The molecule has 5 atom stereocenters. The number of ketones is 1. The lowest BCUT2D eigenvalue weighted by Gasteiger charge is -2.55. The van der Waals surface area contributed by atoms with Gasteiger partial charge in [0.2, 0.25) is 0 Å². The predicted molar refractivity (Wildman–Crippen MR) is 78.4 cm³/mol. The summed E-state index contributed by atoms with van der Waals surface area (Å²) in [6.07, 6.45) is 7.84. The van der Waals surface area contributed by atoms with Gasteiger partial charge < -0.3 is 4.74 Å². The third-order valence-corrected chi connectivity index (χ3v) is 7.21. The molecule has 0 radical (unpaired) electrons. The monoisotopic (exact) mass is 288 g/mol. The summed E-state index contributed by atoms with van der Waals surface area (Å²) in [5.74, 6) is 1.93. The van der Waals surface area contributed by atoms with Gasteiger partial charge in [-0.3, -0.25) is 9.59 Å². The summed E-state index contributed by atoms with van der Waals surface area (Å²) < 4.78 is 5.43. The molecule has 3 heteroatoms. The Balaban J connectivity index is 1.70. The van der Waals surface area contributed by atoms with Crippen molar-refractivity contribution in [3.63, 3.8) is 0 Å². The average Bonchev–Trinajstić information content (AvgIpc) is 2.76. The van der Waals surface area contributed by atoms with Crippen molar-refractivity contribution in [2.75, 3.05) is 6.61 Å². The van der Waals surface area contributed by atoms with Crippen molar-refractivity contribution in [1.82, 2.24) is 0 Å². The maximum absolute atomic E-state index is 12.1. The number of cyclic esters (lactones) is 1. The van der Waals surface area contributed by atoms with E-state index in [1.54, 1.807) is 0 Å². The second kappa shape index (κ2) is 4.21. The Bertz CT molecular complexity index is 549. The molecule has 4 rings (SSSR count). The molecule has 3 fully saturated rings. The van der Waals surface area contributed by atoms with Crippen LogP contribution < -0.4 is 0 Å². The van der Waals surface area contributed by atoms with Gasteiger partial charge in [-0.15, -0.1) is 0 Å². The maximum atomic E-state index is 12.1. The van der Waals surface area contributed by atoms with Gasteiger partial charge in [-0.1, -0.05) is 12.5 Å². The Morgan fingerprint density at radius 1 is 1.05 bits per heavy atom. The highest BCUT2D eigenvalue weighted by molar-refractivity contribution is 5.91. The molecule has 2 saturated carbocycles. The van der Waals surface area contributed by atoms with Crippen LogP contribution in [0, 0.1) is 28.6 Å². The number of esters is 1. The first kappa shape index (κ1) is 13.5. The zero-order valence-corrected chi connectivity index (χ0v) is 13.0. The first-order valence-electron chi connectivity index (χ1n) is 8.36. The van der Waals surface area contributed by atoms with Crippen molar-refractivity contribution >= 4 is 11.8 Å². The molecule has 114 valence electrons. The van der Waals surface area contributed by atoms with E-state index in [1.165, 1.54) is 5.57 Å². The van der Waals surface area contributed by atoms with Crippen LogP contribution >= 0.6 is 0 Å². The molecule has 21 heavy (non-hydrogen) atoms. The minimum absolute atomic E-state index is 0.0243. The fraction of sp³-hybridized carbons (Fsp3) is 0.778. The quantitative estimate of drug-likeness (QED) is 0.642. The lowest BCUT2D eigenvalue weighted by molar-refractivity contribution is -0.148. The molecule has 0 N–H and O–H groups in total. The van der Waals surface area contributed by atoms with Crippen LogP contribution in [-0.2, 0) is 14.3 Å². The van der Waals surface area contributed by atoms with Crippen LogP contribution in [0.5, 0.6) is 0 Å². The van der Waals surface area contributed by atoms with E-state index in [-0.39, 0.29) is 16.8 Å². The highest BCUT2D eigenvalue weighted by Crippen LogP contribution is 2.62. The number of carbonyl (C=O) groups is 2. The van der Waals surface area contributed by atoms with Gasteiger partial charge in [0.25, 0.3) is 0 Å². The van der Waals surface area contributed by atoms with Crippen molar-refractivity contribution in [2.45, 2.75) is 52.4 Å². The molecule has 0 spiro atoms. The lowest BCUT2D eigenvalue weighted by atomic mass is 9.47. The van der Waals surface area contributed by atoms with Gasteiger partial charge in [-0.25, -0.2) is 0 Å². The SMILES string of the molecule is C[C@]12CCC(=O)C=C1CC[C@@H]1[C@@H]2CC[C@]2(C)C(=O)OC[C@@H]12. The zero-order valence-electron chi connectivity index (χ0n) is 13.0.